The van der Waals surface area contributed by atoms with Crippen molar-refractivity contribution in [2.75, 3.05) is 52.9 Å². The first-order valence-electron chi connectivity index (χ1n) is 11.0. The van der Waals surface area contributed by atoms with E-state index in [1.54, 1.807) is 0 Å². The molecule has 0 aromatic heterocycles. The number of hydrogen-bond acceptors (Lipinski definition) is 3. The highest BCUT2D eigenvalue weighted by atomic mass is 16.5. The van der Waals surface area contributed by atoms with E-state index < -0.39 is 0 Å². The van der Waals surface area contributed by atoms with Gasteiger partial charge in [0.25, 0.3) is 0 Å². The van der Waals surface area contributed by atoms with E-state index in [0.717, 1.165) is 50.3 Å². The first-order chi connectivity index (χ1) is 13.6. The summed E-state index contributed by atoms with van der Waals surface area (Å²) >= 11 is 0. The third kappa shape index (κ3) is 6.40. The summed E-state index contributed by atoms with van der Waals surface area (Å²) in [7, 11) is 1.90. The van der Waals surface area contributed by atoms with Crippen LogP contribution in [0.2, 0.25) is 0 Å². The second kappa shape index (κ2) is 10.7. The Morgan fingerprint density at radius 3 is 2.61 bits per heavy atom. The summed E-state index contributed by atoms with van der Waals surface area (Å²) in [5, 5.41) is 3.56. The first-order valence-corrected chi connectivity index (χ1v) is 11.0. The van der Waals surface area contributed by atoms with Crippen molar-refractivity contribution in [2.45, 2.75) is 39.5 Å². The first kappa shape index (κ1) is 21.0. The fourth-order valence-corrected chi connectivity index (χ4v) is 4.17. The summed E-state index contributed by atoms with van der Waals surface area (Å²) in [6, 6.07) is 8.50. The molecule has 2 saturated heterocycles. The summed E-state index contributed by atoms with van der Waals surface area (Å²) in [4.78, 5) is 9.59. The van der Waals surface area contributed by atoms with Gasteiger partial charge in [0.1, 0.15) is 5.75 Å². The van der Waals surface area contributed by atoms with Gasteiger partial charge in [0, 0.05) is 33.2 Å². The van der Waals surface area contributed by atoms with Crippen LogP contribution in [0, 0.1) is 11.8 Å². The van der Waals surface area contributed by atoms with Gasteiger partial charge in [0.05, 0.1) is 6.61 Å². The molecule has 2 aliphatic rings. The minimum Gasteiger partial charge on any atom is -0.493 e. The molecule has 1 unspecified atom stereocenters. The van der Waals surface area contributed by atoms with Gasteiger partial charge in [-0.05, 0) is 68.3 Å². The van der Waals surface area contributed by atoms with Crippen molar-refractivity contribution >= 4 is 5.96 Å². The van der Waals surface area contributed by atoms with Crippen LogP contribution in [0.25, 0.3) is 0 Å². The zero-order valence-corrected chi connectivity index (χ0v) is 18.0. The van der Waals surface area contributed by atoms with Gasteiger partial charge in [-0.25, -0.2) is 0 Å². The van der Waals surface area contributed by atoms with E-state index in [4.69, 9.17) is 4.74 Å². The number of ether oxygens (including phenoxy) is 1. The maximum atomic E-state index is 5.76. The van der Waals surface area contributed by atoms with E-state index in [0.29, 0.717) is 5.92 Å². The lowest BCUT2D eigenvalue weighted by Gasteiger charge is -2.23. The lowest BCUT2D eigenvalue weighted by molar-refractivity contribution is 0.271. The standard InChI is InChI=1S/C23H38N4O/c1-19(2)18-28-22-8-6-20(7-9-22)10-12-25-23(24-3)27-15-11-21(17-27)16-26-13-4-5-14-26/h6-9,19,21H,4-5,10-18H2,1-3H3,(H,24,25). The predicted molar refractivity (Wildman–Crippen MR) is 117 cm³/mol. The predicted octanol–water partition coefficient (Wildman–Crippen LogP) is 3.26. The SMILES string of the molecule is CN=C(NCCc1ccc(OCC(C)C)cc1)N1CCC(CN2CCCC2)C1. The molecule has 5 nitrogen and oxygen atoms in total. The van der Waals surface area contributed by atoms with E-state index in [1.807, 2.05) is 7.05 Å². The Morgan fingerprint density at radius 1 is 1.18 bits per heavy atom. The number of nitrogens with zero attached hydrogens (tertiary/aromatic N) is 3. The number of likely N-dealkylation sites (tertiary alicyclic amines) is 2. The Morgan fingerprint density at radius 2 is 1.93 bits per heavy atom. The average molecular weight is 387 g/mol. The molecule has 0 spiro atoms. The number of rotatable bonds is 8. The van der Waals surface area contributed by atoms with E-state index >= 15 is 0 Å². The summed E-state index contributed by atoms with van der Waals surface area (Å²) < 4.78 is 5.76. The molecule has 0 saturated carbocycles. The molecule has 156 valence electrons. The van der Waals surface area contributed by atoms with E-state index in [-0.39, 0.29) is 0 Å². The van der Waals surface area contributed by atoms with Crippen molar-refractivity contribution in [2.24, 2.45) is 16.8 Å². The maximum absolute atomic E-state index is 5.76. The van der Waals surface area contributed by atoms with Crippen molar-refractivity contribution in [1.82, 2.24) is 15.1 Å². The van der Waals surface area contributed by atoms with Crippen LogP contribution in [-0.2, 0) is 6.42 Å². The zero-order valence-electron chi connectivity index (χ0n) is 18.0. The van der Waals surface area contributed by atoms with E-state index in [1.165, 1.54) is 44.5 Å². The monoisotopic (exact) mass is 386 g/mol. The fourth-order valence-electron chi connectivity index (χ4n) is 4.17. The molecule has 0 bridgehead atoms. The lowest BCUT2D eigenvalue weighted by Crippen LogP contribution is -2.41. The van der Waals surface area contributed by atoms with Crippen LogP contribution in [0.5, 0.6) is 5.75 Å². The Kier molecular flexibility index (Phi) is 8.01. The zero-order chi connectivity index (χ0) is 19.8. The van der Waals surface area contributed by atoms with Crippen molar-refractivity contribution in [1.29, 1.82) is 0 Å². The molecule has 0 amide bonds. The molecule has 2 heterocycles. The highest BCUT2D eigenvalue weighted by molar-refractivity contribution is 5.80. The summed E-state index contributed by atoms with van der Waals surface area (Å²) in [5.41, 5.74) is 1.33. The van der Waals surface area contributed by atoms with E-state index in [2.05, 4.69) is 58.2 Å². The molecule has 1 N–H and O–H groups in total. The van der Waals surface area contributed by atoms with Gasteiger partial charge in [0.15, 0.2) is 5.96 Å². The Hall–Kier alpha value is -1.75. The number of hydrogen-bond donors (Lipinski definition) is 1. The summed E-state index contributed by atoms with van der Waals surface area (Å²) in [6.45, 7) is 12.1. The van der Waals surface area contributed by atoms with Crippen molar-refractivity contribution in [3.05, 3.63) is 29.8 Å². The van der Waals surface area contributed by atoms with Gasteiger partial charge >= 0.3 is 0 Å². The van der Waals surface area contributed by atoms with Gasteiger partial charge in [-0.3, -0.25) is 4.99 Å². The molecule has 28 heavy (non-hydrogen) atoms. The van der Waals surface area contributed by atoms with Gasteiger partial charge in [-0.1, -0.05) is 26.0 Å². The van der Waals surface area contributed by atoms with Crippen LogP contribution in [0.15, 0.2) is 29.3 Å². The molecule has 1 aromatic carbocycles. The van der Waals surface area contributed by atoms with Crippen molar-refractivity contribution < 1.29 is 4.74 Å². The topological polar surface area (TPSA) is 40.1 Å². The molecule has 2 aliphatic heterocycles. The van der Waals surface area contributed by atoms with Crippen LogP contribution in [-0.4, -0.2) is 68.7 Å². The van der Waals surface area contributed by atoms with Crippen LogP contribution >= 0.6 is 0 Å². The minimum absolute atomic E-state index is 0.552. The molecule has 1 atom stereocenters. The fraction of sp³-hybridized carbons (Fsp3) is 0.696. The molecule has 2 fully saturated rings. The molecule has 0 aliphatic carbocycles. The summed E-state index contributed by atoms with van der Waals surface area (Å²) in [6.07, 6.45) is 5.04. The Labute approximate surface area is 171 Å². The molecule has 5 heteroatoms. The van der Waals surface area contributed by atoms with Crippen molar-refractivity contribution in [3.8, 4) is 5.75 Å². The van der Waals surface area contributed by atoms with Gasteiger partial charge in [-0.2, -0.15) is 0 Å². The van der Waals surface area contributed by atoms with E-state index in [9.17, 15) is 0 Å². The molecule has 1 aromatic rings. The Balaban J connectivity index is 1.38. The average Bonchev–Trinajstić information content (AvgIpc) is 3.37. The van der Waals surface area contributed by atoms with Crippen LogP contribution < -0.4 is 10.1 Å². The van der Waals surface area contributed by atoms with Crippen LogP contribution in [0.4, 0.5) is 0 Å². The summed E-state index contributed by atoms with van der Waals surface area (Å²) in [5.74, 6) is 3.36. The largest absolute Gasteiger partial charge is 0.493 e. The smallest absolute Gasteiger partial charge is 0.193 e. The van der Waals surface area contributed by atoms with Gasteiger partial charge in [0.2, 0.25) is 0 Å². The van der Waals surface area contributed by atoms with Gasteiger partial charge in [-0.15, -0.1) is 0 Å². The number of guanidine groups is 1. The van der Waals surface area contributed by atoms with Crippen molar-refractivity contribution in [3.63, 3.8) is 0 Å². The molecule has 0 radical (unpaired) electrons. The minimum atomic E-state index is 0.552. The number of nitrogens with one attached hydrogen (secondary N) is 1. The molecular formula is C23H38N4O. The van der Waals surface area contributed by atoms with Gasteiger partial charge < -0.3 is 19.9 Å². The quantitative estimate of drug-likeness (QED) is 0.550. The maximum Gasteiger partial charge on any atom is 0.193 e. The Bertz CT molecular complexity index is 608. The van der Waals surface area contributed by atoms with Crippen LogP contribution in [0.1, 0.15) is 38.7 Å². The second-order valence-electron chi connectivity index (χ2n) is 8.68. The lowest BCUT2D eigenvalue weighted by atomic mass is 10.1. The highest BCUT2D eigenvalue weighted by Crippen LogP contribution is 2.20. The number of benzene rings is 1. The normalized spacial score (nSPS) is 20.9. The highest BCUT2D eigenvalue weighted by Gasteiger charge is 2.27. The third-order valence-corrected chi connectivity index (χ3v) is 5.72. The molecule has 3 rings (SSSR count). The van der Waals surface area contributed by atoms with Crippen LogP contribution in [0.3, 0.4) is 0 Å². The second-order valence-corrected chi connectivity index (χ2v) is 8.68. The third-order valence-electron chi connectivity index (χ3n) is 5.72. The number of aliphatic imine (C=N–C) groups is 1. The molecular weight excluding hydrogens is 348 g/mol.